The van der Waals surface area contributed by atoms with Crippen LogP contribution in [0.15, 0.2) is 18.2 Å². The summed E-state index contributed by atoms with van der Waals surface area (Å²) in [7, 11) is 0. The lowest BCUT2D eigenvalue weighted by molar-refractivity contribution is -0.131. The Bertz CT molecular complexity index is 529. The molecule has 0 radical (unpaired) electrons. The van der Waals surface area contributed by atoms with Crippen LogP contribution in [0.4, 0.5) is 14.5 Å². The summed E-state index contributed by atoms with van der Waals surface area (Å²) in [6.45, 7) is 6.26. The van der Waals surface area contributed by atoms with E-state index in [0.29, 0.717) is 13.1 Å². The number of rotatable bonds is 7. The van der Waals surface area contributed by atoms with Crippen molar-refractivity contribution >= 4 is 17.5 Å². The summed E-state index contributed by atoms with van der Waals surface area (Å²) in [6.07, 6.45) is 1.63. The van der Waals surface area contributed by atoms with Crippen molar-refractivity contribution in [2.45, 2.75) is 33.6 Å². The van der Waals surface area contributed by atoms with Crippen LogP contribution in [0.5, 0.6) is 0 Å². The van der Waals surface area contributed by atoms with Gasteiger partial charge in [-0.1, -0.05) is 13.8 Å². The van der Waals surface area contributed by atoms with Gasteiger partial charge in [0.25, 0.3) is 0 Å². The average Bonchev–Trinajstić information content (AvgIpc) is 2.47. The minimum absolute atomic E-state index is 0.174. The Balaban J connectivity index is 2.93. The summed E-state index contributed by atoms with van der Waals surface area (Å²) in [5.41, 5.74) is 0.174. The van der Waals surface area contributed by atoms with Gasteiger partial charge in [-0.3, -0.25) is 9.59 Å². The molecule has 0 aliphatic rings. The third kappa shape index (κ3) is 4.79. The highest BCUT2D eigenvalue weighted by Gasteiger charge is 2.20. The number of benzene rings is 1. The van der Waals surface area contributed by atoms with Crippen LogP contribution in [0.2, 0.25) is 0 Å². The molecule has 22 heavy (non-hydrogen) atoms. The predicted octanol–water partition coefficient (Wildman–Crippen LogP) is 2.97. The lowest BCUT2D eigenvalue weighted by Gasteiger charge is -2.26. The summed E-state index contributed by atoms with van der Waals surface area (Å²) in [4.78, 5) is 26.9. The van der Waals surface area contributed by atoms with Gasteiger partial charge in [0, 0.05) is 31.8 Å². The monoisotopic (exact) mass is 312 g/mol. The van der Waals surface area contributed by atoms with Crippen LogP contribution in [-0.2, 0) is 9.59 Å². The second-order valence-electron chi connectivity index (χ2n) is 5.08. The quantitative estimate of drug-likeness (QED) is 0.776. The molecule has 0 heterocycles. The molecule has 0 N–H and O–H groups in total. The maximum Gasteiger partial charge on any atom is 0.242 e. The molecule has 4 nitrogen and oxygen atoms in total. The number of carbonyl (C=O) groups excluding carboxylic acids is 2. The number of hydrogen-bond acceptors (Lipinski definition) is 2. The molecular weight excluding hydrogens is 290 g/mol. The Morgan fingerprint density at radius 3 is 2.09 bits per heavy atom. The molecule has 0 spiro atoms. The number of carbonyl (C=O) groups is 2. The van der Waals surface area contributed by atoms with Crippen LogP contribution in [0.25, 0.3) is 0 Å². The van der Waals surface area contributed by atoms with E-state index in [1.807, 2.05) is 13.8 Å². The molecule has 0 atom stereocenters. The van der Waals surface area contributed by atoms with Crippen LogP contribution in [0, 0.1) is 11.6 Å². The Hall–Kier alpha value is -1.98. The summed E-state index contributed by atoms with van der Waals surface area (Å²) in [6, 6.07) is 3.16. The van der Waals surface area contributed by atoms with E-state index in [0.717, 1.165) is 29.9 Å². The second kappa shape index (κ2) is 8.46. The minimum atomic E-state index is -1.05. The van der Waals surface area contributed by atoms with Gasteiger partial charge in [-0.25, -0.2) is 8.78 Å². The maximum absolute atomic E-state index is 13.3. The molecular formula is C16H22F2N2O2. The van der Waals surface area contributed by atoms with Gasteiger partial charge in [0.15, 0.2) is 11.6 Å². The Labute approximate surface area is 129 Å². The zero-order valence-corrected chi connectivity index (χ0v) is 13.2. The summed E-state index contributed by atoms with van der Waals surface area (Å²) in [5, 5.41) is 0. The molecule has 0 saturated carbocycles. The first-order valence-corrected chi connectivity index (χ1v) is 7.41. The largest absolute Gasteiger partial charge is 0.341 e. The van der Waals surface area contributed by atoms with E-state index < -0.39 is 17.5 Å². The van der Waals surface area contributed by atoms with Gasteiger partial charge in [-0.05, 0) is 25.0 Å². The van der Waals surface area contributed by atoms with Gasteiger partial charge in [0.2, 0.25) is 11.8 Å². The number of halogens is 2. The average molecular weight is 312 g/mol. The molecule has 1 aromatic rings. The molecule has 0 aliphatic heterocycles. The van der Waals surface area contributed by atoms with Crippen molar-refractivity contribution in [3.8, 4) is 0 Å². The van der Waals surface area contributed by atoms with Gasteiger partial charge in [0.05, 0.1) is 0 Å². The van der Waals surface area contributed by atoms with E-state index >= 15 is 0 Å². The first-order chi connectivity index (χ1) is 10.4. The van der Waals surface area contributed by atoms with Crippen molar-refractivity contribution in [2.75, 3.05) is 24.5 Å². The van der Waals surface area contributed by atoms with Gasteiger partial charge in [-0.2, -0.15) is 0 Å². The minimum Gasteiger partial charge on any atom is -0.341 e. The van der Waals surface area contributed by atoms with E-state index in [1.165, 1.54) is 13.0 Å². The fourth-order valence-corrected chi connectivity index (χ4v) is 2.17. The molecule has 1 aromatic carbocycles. The zero-order chi connectivity index (χ0) is 16.7. The van der Waals surface area contributed by atoms with Gasteiger partial charge in [0.1, 0.15) is 6.54 Å². The Morgan fingerprint density at radius 1 is 1.05 bits per heavy atom. The van der Waals surface area contributed by atoms with Crippen molar-refractivity contribution in [3.63, 3.8) is 0 Å². The second-order valence-corrected chi connectivity index (χ2v) is 5.08. The molecule has 6 heteroatoms. The van der Waals surface area contributed by atoms with Crippen molar-refractivity contribution in [2.24, 2.45) is 0 Å². The number of hydrogen-bond donors (Lipinski definition) is 0. The third-order valence-corrected chi connectivity index (χ3v) is 3.23. The molecule has 0 aromatic heterocycles. The lowest BCUT2D eigenvalue weighted by Crippen LogP contribution is -2.43. The van der Waals surface area contributed by atoms with Crippen molar-refractivity contribution < 1.29 is 18.4 Å². The standard InChI is InChI=1S/C16H22F2N2O2/c1-4-8-19(9-5-2)16(22)11-20(12(3)21)13-6-7-14(17)15(18)10-13/h6-7,10H,4-5,8-9,11H2,1-3H3. The smallest absolute Gasteiger partial charge is 0.242 e. The summed E-state index contributed by atoms with van der Waals surface area (Å²) >= 11 is 0. The van der Waals surface area contributed by atoms with Crippen LogP contribution in [0.1, 0.15) is 33.6 Å². The van der Waals surface area contributed by atoms with Gasteiger partial charge < -0.3 is 9.80 Å². The van der Waals surface area contributed by atoms with Crippen LogP contribution in [-0.4, -0.2) is 36.3 Å². The van der Waals surface area contributed by atoms with Crippen LogP contribution < -0.4 is 4.90 Å². The van der Waals surface area contributed by atoms with Gasteiger partial charge >= 0.3 is 0 Å². The summed E-state index contributed by atoms with van der Waals surface area (Å²) in [5.74, 6) is -2.64. The Kier molecular flexibility index (Phi) is 6.95. The SMILES string of the molecule is CCCN(CCC)C(=O)CN(C(C)=O)c1ccc(F)c(F)c1. The molecule has 0 fully saturated rings. The first kappa shape index (κ1) is 18.1. The molecule has 1 rings (SSSR count). The maximum atomic E-state index is 13.3. The molecule has 0 aliphatic carbocycles. The van der Waals surface area contributed by atoms with Crippen molar-refractivity contribution in [1.29, 1.82) is 0 Å². The van der Waals surface area contributed by atoms with Crippen molar-refractivity contribution in [3.05, 3.63) is 29.8 Å². The number of amides is 2. The fourth-order valence-electron chi connectivity index (χ4n) is 2.17. The molecule has 0 unspecified atom stereocenters. The first-order valence-electron chi connectivity index (χ1n) is 7.41. The zero-order valence-electron chi connectivity index (χ0n) is 13.2. The topological polar surface area (TPSA) is 40.6 Å². The third-order valence-electron chi connectivity index (χ3n) is 3.23. The van der Waals surface area contributed by atoms with Crippen molar-refractivity contribution in [1.82, 2.24) is 4.90 Å². The molecule has 122 valence electrons. The predicted molar refractivity (Wildman–Crippen MR) is 81.5 cm³/mol. The highest BCUT2D eigenvalue weighted by Crippen LogP contribution is 2.18. The van der Waals surface area contributed by atoms with Gasteiger partial charge in [-0.15, -0.1) is 0 Å². The van der Waals surface area contributed by atoms with Crippen LogP contribution in [0.3, 0.4) is 0 Å². The van der Waals surface area contributed by atoms with Crippen LogP contribution >= 0.6 is 0 Å². The molecule has 0 saturated heterocycles. The highest BCUT2D eigenvalue weighted by molar-refractivity contribution is 5.97. The lowest BCUT2D eigenvalue weighted by atomic mass is 10.2. The number of nitrogens with zero attached hydrogens (tertiary/aromatic N) is 2. The Morgan fingerprint density at radius 2 is 1.64 bits per heavy atom. The van der Waals surface area contributed by atoms with E-state index in [1.54, 1.807) is 4.90 Å². The van der Waals surface area contributed by atoms with E-state index in [2.05, 4.69) is 0 Å². The highest BCUT2D eigenvalue weighted by atomic mass is 19.2. The van der Waals surface area contributed by atoms with E-state index in [4.69, 9.17) is 0 Å². The summed E-state index contributed by atoms with van der Waals surface area (Å²) < 4.78 is 26.3. The van der Waals surface area contributed by atoms with E-state index in [9.17, 15) is 18.4 Å². The van der Waals surface area contributed by atoms with E-state index in [-0.39, 0.29) is 18.1 Å². The molecule has 2 amide bonds. The number of anilines is 1. The normalized spacial score (nSPS) is 10.4. The molecule has 0 bridgehead atoms. The fraction of sp³-hybridized carbons (Fsp3) is 0.500.